The van der Waals surface area contributed by atoms with Crippen LogP contribution in [-0.4, -0.2) is 68.0 Å². The molecule has 11 heteroatoms. The van der Waals surface area contributed by atoms with Crippen molar-refractivity contribution in [3.63, 3.8) is 0 Å². The van der Waals surface area contributed by atoms with E-state index in [1.54, 1.807) is 39.8 Å². The molecule has 41 heavy (non-hydrogen) atoms. The summed E-state index contributed by atoms with van der Waals surface area (Å²) >= 11 is 12.5. The average Bonchev–Trinajstić information content (AvgIpc) is 3.32. The topological polar surface area (TPSA) is 102 Å². The number of amides is 1. The van der Waals surface area contributed by atoms with E-state index in [1.807, 2.05) is 31.2 Å². The summed E-state index contributed by atoms with van der Waals surface area (Å²) in [4.78, 5) is 32.6. The van der Waals surface area contributed by atoms with Crippen molar-refractivity contribution in [3.05, 3.63) is 92.6 Å². The lowest BCUT2D eigenvalue weighted by Crippen LogP contribution is -2.49. The van der Waals surface area contributed by atoms with Crippen LogP contribution < -0.4 is 10.9 Å². The van der Waals surface area contributed by atoms with E-state index in [1.165, 1.54) is 10.9 Å². The van der Waals surface area contributed by atoms with Crippen molar-refractivity contribution in [3.8, 4) is 5.69 Å². The normalized spacial score (nSPS) is 20.8. The summed E-state index contributed by atoms with van der Waals surface area (Å²) in [5, 5.41) is 16.1. The molecule has 4 heterocycles. The summed E-state index contributed by atoms with van der Waals surface area (Å²) in [6.45, 7) is 4.28. The molecule has 2 aliphatic rings. The molecule has 0 bridgehead atoms. The van der Waals surface area contributed by atoms with E-state index in [9.17, 15) is 14.7 Å². The molecule has 0 saturated carbocycles. The second-order valence-electron chi connectivity index (χ2n) is 10.9. The molecule has 2 aromatic heterocycles. The maximum absolute atomic E-state index is 13.5. The first-order valence-electron chi connectivity index (χ1n) is 13.7. The summed E-state index contributed by atoms with van der Waals surface area (Å²) in [5.74, 6) is -0.106. The number of piperidine rings is 1. The minimum Gasteiger partial charge on any atom is -0.388 e. The van der Waals surface area contributed by atoms with E-state index in [-0.39, 0.29) is 30.2 Å². The Morgan fingerprint density at radius 3 is 2.49 bits per heavy atom. The van der Waals surface area contributed by atoms with E-state index in [4.69, 9.17) is 27.9 Å². The third-order valence-electron chi connectivity index (χ3n) is 8.03. The standard InChI is InChI=1S/C30H31Cl2N5O4/c1-19-15-33-25(16-41-19)20-4-8-23(9-5-20)37-26(32)14-24-27(37)34-18-36(29(24)39)17-30(40)10-12-35(13-11-30)28(38)21-2-6-22(31)7-3-21/h2-9,14,18-19,25,33,40H,10-13,15-17H2,1H3/t19-,25-/m0/s1. The summed E-state index contributed by atoms with van der Waals surface area (Å²) in [5.41, 5.74) is 1.48. The molecule has 2 aromatic carbocycles. The molecule has 0 spiro atoms. The fraction of sp³-hybridized carbons (Fsp3) is 0.367. The van der Waals surface area contributed by atoms with Crippen molar-refractivity contribution < 1.29 is 14.6 Å². The molecule has 2 N–H and O–H groups in total. The van der Waals surface area contributed by atoms with Gasteiger partial charge in [0.15, 0.2) is 5.65 Å². The van der Waals surface area contributed by atoms with Gasteiger partial charge in [-0.2, -0.15) is 0 Å². The minimum atomic E-state index is -1.15. The number of nitrogens with one attached hydrogen (secondary N) is 1. The third kappa shape index (κ3) is 5.65. The highest BCUT2D eigenvalue weighted by molar-refractivity contribution is 6.31. The summed E-state index contributed by atoms with van der Waals surface area (Å²) < 4.78 is 8.95. The molecular weight excluding hydrogens is 565 g/mol. The fourth-order valence-electron chi connectivity index (χ4n) is 5.58. The number of fused-ring (bicyclic) bond motifs is 1. The predicted molar refractivity (Wildman–Crippen MR) is 158 cm³/mol. The molecule has 0 radical (unpaired) electrons. The number of aliphatic hydroxyl groups is 1. The Kier molecular flexibility index (Phi) is 7.65. The largest absolute Gasteiger partial charge is 0.388 e. The number of likely N-dealkylation sites (tertiary alicyclic amines) is 1. The Morgan fingerprint density at radius 2 is 1.83 bits per heavy atom. The van der Waals surface area contributed by atoms with E-state index in [0.29, 0.717) is 59.3 Å². The minimum absolute atomic E-state index is 0.0737. The number of carbonyl (C=O) groups excluding carboxylic acids is 1. The van der Waals surface area contributed by atoms with Gasteiger partial charge < -0.3 is 20.1 Å². The van der Waals surface area contributed by atoms with Gasteiger partial charge in [-0.15, -0.1) is 0 Å². The molecule has 214 valence electrons. The number of nitrogens with zero attached hydrogens (tertiary/aromatic N) is 4. The Morgan fingerprint density at radius 1 is 1.12 bits per heavy atom. The number of halogens is 2. The van der Waals surface area contributed by atoms with Gasteiger partial charge in [0, 0.05) is 35.9 Å². The van der Waals surface area contributed by atoms with Crippen molar-refractivity contribution >= 4 is 40.1 Å². The van der Waals surface area contributed by atoms with Crippen molar-refractivity contribution in [2.75, 3.05) is 26.2 Å². The van der Waals surface area contributed by atoms with Crippen LogP contribution in [0.2, 0.25) is 10.2 Å². The van der Waals surface area contributed by atoms with Gasteiger partial charge in [0.2, 0.25) is 0 Å². The van der Waals surface area contributed by atoms with Gasteiger partial charge in [-0.05, 0) is 67.8 Å². The number of rotatable bonds is 5. The molecule has 9 nitrogen and oxygen atoms in total. The van der Waals surface area contributed by atoms with Crippen molar-refractivity contribution in [1.82, 2.24) is 24.3 Å². The van der Waals surface area contributed by atoms with Crippen molar-refractivity contribution in [1.29, 1.82) is 0 Å². The Balaban J connectivity index is 1.17. The Bertz CT molecular complexity index is 1620. The lowest BCUT2D eigenvalue weighted by molar-refractivity contribution is -0.0299. The second kappa shape index (κ2) is 11.2. The molecule has 2 saturated heterocycles. The molecule has 2 aliphatic heterocycles. The molecule has 0 aliphatic carbocycles. The molecule has 6 rings (SSSR count). The van der Waals surface area contributed by atoms with E-state index in [2.05, 4.69) is 10.3 Å². The lowest BCUT2D eigenvalue weighted by Gasteiger charge is -2.38. The van der Waals surface area contributed by atoms with Gasteiger partial charge >= 0.3 is 0 Å². The zero-order chi connectivity index (χ0) is 28.7. The summed E-state index contributed by atoms with van der Waals surface area (Å²) in [6.07, 6.45) is 2.33. The average molecular weight is 597 g/mol. The monoisotopic (exact) mass is 595 g/mol. The molecular formula is C30H31Cl2N5O4. The number of hydrogen-bond acceptors (Lipinski definition) is 6. The number of carbonyl (C=O) groups is 1. The van der Waals surface area contributed by atoms with Gasteiger partial charge in [0.1, 0.15) is 11.5 Å². The highest BCUT2D eigenvalue weighted by atomic mass is 35.5. The zero-order valence-corrected chi connectivity index (χ0v) is 24.1. The van der Waals surface area contributed by atoms with Gasteiger partial charge in [-0.25, -0.2) is 4.98 Å². The van der Waals surface area contributed by atoms with Crippen LogP contribution in [0.3, 0.4) is 0 Å². The van der Waals surface area contributed by atoms with Crippen LogP contribution in [0.4, 0.5) is 0 Å². The first-order valence-corrected chi connectivity index (χ1v) is 14.5. The number of morpholine rings is 1. The molecule has 4 aromatic rings. The van der Waals surface area contributed by atoms with Crippen LogP contribution in [0, 0.1) is 0 Å². The maximum Gasteiger partial charge on any atom is 0.262 e. The van der Waals surface area contributed by atoms with E-state index >= 15 is 0 Å². The number of ether oxygens (including phenoxy) is 1. The summed E-state index contributed by atoms with van der Waals surface area (Å²) in [6, 6.07) is 16.5. The van der Waals surface area contributed by atoms with Gasteiger partial charge in [-0.3, -0.25) is 18.7 Å². The van der Waals surface area contributed by atoms with Crippen LogP contribution in [-0.2, 0) is 11.3 Å². The predicted octanol–water partition coefficient (Wildman–Crippen LogP) is 4.21. The number of benzene rings is 2. The Hall–Kier alpha value is -3.21. The smallest absolute Gasteiger partial charge is 0.262 e. The van der Waals surface area contributed by atoms with Gasteiger partial charge in [0.25, 0.3) is 11.5 Å². The van der Waals surface area contributed by atoms with Crippen molar-refractivity contribution in [2.45, 2.75) is 44.1 Å². The van der Waals surface area contributed by atoms with E-state index in [0.717, 1.165) is 17.8 Å². The van der Waals surface area contributed by atoms with Crippen LogP contribution in [0.15, 0.2) is 65.7 Å². The molecule has 1 amide bonds. The lowest BCUT2D eigenvalue weighted by atomic mass is 9.91. The number of aromatic nitrogens is 3. The van der Waals surface area contributed by atoms with Crippen LogP contribution in [0.5, 0.6) is 0 Å². The fourth-order valence-corrected chi connectivity index (χ4v) is 5.99. The second-order valence-corrected chi connectivity index (χ2v) is 11.8. The highest BCUT2D eigenvalue weighted by Crippen LogP contribution is 2.28. The van der Waals surface area contributed by atoms with Crippen LogP contribution in [0.25, 0.3) is 16.7 Å². The summed E-state index contributed by atoms with van der Waals surface area (Å²) in [7, 11) is 0. The first-order chi connectivity index (χ1) is 19.7. The van der Waals surface area contributed by atoms with E-state index < -0.39 is 5.60 Å². The molecule has 2 atom stereocenters. The van der Waals surface area contributed by atoms with Crippen LogP contribution in [0.1, 0.15) is 41.7 Å². The molecule has 2 fully saturated rings. The number of hydrogen-bond donors (Lipinski definition) is 2. The van der Waals surface area contributed by atoms with Gasteiger partial charge in [-0.1, -0.05) is 35.3 Å². The third-order valence-corrected chi connectivity index (χ3v) is 8.56. The van der Waals surface area contributed by atoms with Gasteiger partial charge in [0.05, 0.1) is 36.3 Å². The maximum atomic E-state index is 13.5. The van der Waals surface area contributed by atoms with Crippen LogP contribution >= 0.6 is 23.2 Å². The Labute approximate surface area is 247 Å². The SMILES string of the molecule is C[C@H]1CN[C@H](c2ccc(-n3c(Cl)cc4c(=O)n(CC5(O)CCN(C(=O)c6ccc(Cl)cc6)CC5)cnc43)cc2)CO1. The zero-order valence-electron chi connectivity index (χ0n) is 22.6. The first kappa shape index (κ1) is 27.9. The quantitative estimate of drug-likeness (QED) is 0.358. The highest BCUT2D eigenvalue weighted by Gasteiger charge is 2.35. The molecule has 0 unspecified atom stereocenters. The van der Waals surface area contributed by atoms with Crippen molar-refractivity contribution in [2.24, 2.45) is 0 Å².